The van der Waals surface area contributed by atoms with Crippen LogP contribution >= 0.6 is 0 Å². The fourth-order valence-corrected chi connectivity index (χ4v) is 0. The molecule has 0 bridgehead atoms. The van der Waals surface area contributed by atoms with E-state index < -0.39 is 11.9 Å². The summed E-state index contributed by atoms with van der Waals surface area (Å²) in [5.41, 5.74) is 0. The smallest absolute Gasteiger partial charge is 0.300 e. The molecule has 4 nitrogen and oxygen atoms in total. The molecule has 0 heterocycles. The second-order valence-electron chi connectivity index (χ2n) is 1.04. The largest absolute Gasteiger partial charge is 0.481 e. The van der Waals surface area contributed by atoms with Crippen LogP contribution in [0.1, 0.15) is 13.8 Å². The van der Waals surface area contributed by atoms with Crippen molar-refractivity contribution < 1.29 is 61.5 Å². The number of hydrogen-bond donors (Lipinski definition) is 2. The van der Waals surface area contributed by atoms with Gasteiger partial charge in [0, 0.05) is 55.6 Å². The van der Waals surface area contributed by atoms with Gasteiger partial charge in [0.05, 0.1) is 0 Å². The number of rotatable bonds is 0. The van der Waals surface area contributed by atoms with Crippen molar-refractivity contribution in [3.05, 3.63) is 0 Å². The number of hydrogen-bond acceptors (Lipinski definition) is 2. The van der Waals surface area contributed by atoms with E-state index in [1.54, 1.807) is 0 Å². The molecule has 0 fully saturated rings. The predicted molar refractivity (Wildman–Crippen MR) is 26.6 cm³/mol. The van der Waals surface area contributed by atoms with Gasteiger partial charge in [-0.1, -0.05) is 0 Å². The normalized spacial score (nSPS) is 5.56. The molecular formula is C4H8CeO4. The van der Waals surface area contributed by atoms with Crippen molar-refractivity contribution >= 4 is 11.9 Å². The molecule has 0 aromatic heterocycles. The SMILES string of the molecule is CC(=O)O.CC(=O)O.[Ce]. The third-order valence-corrected chi connectivity index (χ3v) is 0. The summed E-state index contributed by atoms with van der Waals surface area (Å²) < 4.78 is 0. The average Bonchev–Trinajstić information content (AvgIpc) is 1.25. The summed E-state index contributed by atoms with van der Waals surface area (Å²) in [4.78, 5) is 18.0. The fourth-order valence-electron chi connectivity index (χ4n) is 0. The van der Waals surface area contributed by atoms with Gasteiger partial charge in [-0.3, -0.25) is 9.59 Å². The molecular weight excluding hydrogens is 252 g/mol. The Morgan fingerprint density at radius 1 is 1.00 bits per heavy atom. The minimum atomic E-state index is -0.833. The summed E-state index contributed by atoms with van der Waals surface area (Å²) in [5, 5.41) is 14.8. The molecule has 0 radical (unpaired) electrons. The summed E-state index contributed by atoms with van der Waals surface area (Å²) in [6.07, 6.45) is 0. The van der Waals surface area contributed by atoms with Crippen LogP contribution in [0.5, 0.6) is 0 Å². The van der Waals surface area contributed by atoms with Gasteiger partial charge >= 0.3 is 0 Å². The molecule has 52 valence electrons. The van der Waals surface area contributed by atoms with Gasteiger partial charge in [0.25, 0.3) is 11.9 Å². The molecule has 0 spiro atoms. The minimum Gasteiger partial charge on any atom is -0.481 e. The maximum Gasteiger partial charge on any atom is 0.300 e. The molecule has 0 atom stereocenters. The van der Waals surface area contributed by atoms with E-state index in [0.717, 1.165) is 13.8 Å². The number of carbonyl (C=O) groups is 2. The van der Waals surface area contributed by atoms with Gasteiger partial charge in [0.15, 0.2) is 0 Å². The summed E-state index contributed by atoms with van der Waals surface area (Å²) in [5.74, 6) is -1.67. The van der Waals surface area contributed by atoms with Gasteiger partial charge < -0.3 is 10.2 Å². The average molecular weight is 260 g/mol. The minimum absolute atomic E-state index is 0. The molecule has 0 aliphatic rings. The number of carboxylic acids is 2. The van der Waals surface area contributed by atoms with Crippen LogP contribution in [-0.4, -0.2) is 22.2 Å². The quantitative estimate of drug-likeness (QED) is 0.651. The summed E-state index contributed by atoms with van der Waals surface area (Å²) in [6.45, 7) is 2.17. The Morgan fingerprint density at radius 2 is 1.00 bits per heavy atom. The van der Waals surface area contributed by atoms with E-state index in [4.69, 9.17) is 19.8 Å². The first-order valence-corrected chi connectivity index (χ1v) is 1.86. The zero-order valence-corrected chi connectivity index (χ0v) is 8.35. The molecule has 0 amide bonds. The van der Waals surface area contributed by atoms with Crippen LogP contribution in [0.15, 0.2) is 0 Å². The molecule has 0 aliphatic carbocycles. The molecule has 0 rings (SSSR count). The van der Waals surface area contributed by atoms with E-state index in [9.17, 15) is 0 Å². The van der Waals surface area contributed by atoms with Crippen molar-refractivity contribution in [2.24, 2.45) is 0 Å². The molecule has 0 aliphatic heterocycles. The molecule has 0 saturated heterocycles. The molecule has 0 aromatic rings. The summed E-state index contributed by atoms with van der Waals surface area (Å²) in [6, 6.07) is 0. The van der Waals surface area contributed by atoms with Crippen LogP contribution in [0.3, 0.4) is 0 Å². The first-order valence-electron chi connectivity index (χ1n) is 1.86. The number of aliphatic carboxylic acids is 2. The van der Waals surface area contributed by atoms with Crippen LogP contribution in [-0.2, 0) is 9.59 Å². The first-order chi connectivity index (χ1) is 3.46. The van der Waals surface area contributed by atoms with Gasteiger partial charge in [0.1, 0.15) is 0 Å². The van der Waals surface area contributed by atoms with Crippen molar-refractivity contribution in [2.75, 3.05) is 0 Å². The van der Waals surface area contributed by atoms with Gasteiger partial charge in [-0.15, -0.1) is 0 Å². The molecule has 0 aromatic carbocycles. The maximum atomic E-state index is 9.00. The molecule has 5 heteroatoms. The topological polar surface area (TPSA) is 74.6 Å². The Labute approximate surface area is 86.6 Å². The Hall–Kier alpha value is 0.317. The number of carboxylic acid groups (broad SMARTS) is 2. The van der Waals surface area contributed by atoms with Gasteiger partial charge in [0.2, 0.25) is 0 Å². The zero-order chi connectivity index (χ0) is 7.15. The Kier molecular flexibility index (Phi) is 20.0. The van der Waals surface area contributed by atoms with Crippen molar-refractivity contribution in [1.82, 2.24) is 0 Å². The summed E-state index contributed by atoms with van der Waals surface area (Å²) in [7, 11) is 0. The maximum absolute atomic E-state index is 9.00. The van der Waals surface area contributed by atoms with E-state index in [0.29, 0.717) is 0 Å². The second kappa shape index (κ2) is 11.2. The molecule has 0 saturated carbocycles. The monoisotopic (exact) mass is 260 g/mol. The van der Waals surface area contributed by atoms with Crippen LogP contribution in [0, 0.1) is 41.7 Å². The van der Waals surface area contributed by atoms with Gasteiger partial charge in [-0.25, -0.2) is 0 Å². The van der Waals surface area contributed by atoms with Crippen molar-refractivity contribution in [2.45, 2.75) is 13.8 Å². The molecule has 0 unspecified atom stereocenters. The molecule has 9 heavy (non-hydrogen) atoms. The zero-order valence-electron chi connectivity index (χ0n) is 5.21. The van der Waals surface area contributed by atoms with E-state index >= 15 is 0 Å². The Morgan fingerprint density at radius 3 is 1.00 bits per heavy atom. The Balaban J connectivity index is -0.0000000720. The first kappa shape index (κ1) is 16.2. The van der Waals surface area contributed by atoms with Crippen molar-refractivity contribution in [1.29, 1.82) is 0 Å². The van der Waals surface area contributed by atoms with Gasteiger partial charge in [-0.05, 0) is 0 Å². The van der Waals surface area contributed by atoms with E-state index in [1.807, 2.05) is 0 Å². The summed E-state index contributed by atoms with van der Waals surface area (Å²) >= 11 is 0. The Bertz CT molecular complexity index is 70.6. The second-order valence-corrected chi connectivity index (χ2v) is 1.04. The van der Waals surface area contributed by atoms with Crippen LogP contribution in [0.4, 0.5) is 0 Å². The molecule has 2 N–H and O–H groups in total. The van der Waals surface area contributed by atoms with Crippen molar-refractivity contribution in [3.8, 4) is 0 Å². The van der Waals surface area contributed by atoms with Gasteiger partial charge in [-0.2, -0.15) is 0 Å². The third-order valence-electron chi connectivity index (χ3n) is 0. The third kappa shape index (κ3) is 3310. The van der Waals surface area contributed by atoms with E-state index in [-0.39, 0.29) is 41.7 Å². The van der Waals surface area contributed by atoms with E-state index in [1.165, 1.54) is 0 Å². The van der Waals surface area contributed by atoms with Crippen molar-refractivity contribution in [3.63, 3.8) is 0 Å². The van der Waals surface area contributed by atoms with Crippen LogP contribution in [0.25, 0.3) is 0 Å². The standard InChI is InChI=1S/2C2H4O2.Ce/c2*1-2(3)4;/h2*1H3,(H,3,4);. The van der Waals surface area contributed by atoms with Crippen LogP contribution in [0.2, 0.25) is 0 Å². The van der Waals surface area contributed by atoms with Crippen LogP contribution < -0.4 is 0 Å². The predicted octanol–water partition coefficient (Wildman–Crippen LogP) is 0.182. The van der Waals surface area contributed by atoms with E-state index in [2.05, 4.69) is 0 Å². The fraction of sp³-hybridized carbons (Fsp3) is 0.500.